The molecular formula is C27H31ClN4O4S2. The van der Waals surface area contributed by atoms with Crippen molar-refractivity contribution in [3.05, 3.63) is 78.4 Å². The SMILES string of the molecule is CCN(c1ccccc1)S(=O)(=O)c1ccc(C(=O)N(CCN(C)C)c2nc3cc(OC)ccc3s2)cc1.Cl. The number of ether oxygens (including phenoxy) is 1. The van der Waals surface area contributed by atoms with Crippen LogP contribution in [0.5, 0.6) is 5.75 Å². The van der Waals surface area contributed by atoms with Crippen molar-refractivity contribution in [2.75, 3.05) is 50.0 Å². The monoisotopic (exact) mass is 574 g/mol. The zero-order valence-electron chi connectivity index (χ0n) is 21.7. The van der Waals surface area contributed by atoms with Crippen molar-refractivity contribution in [3.8, 4) is 5.75 Å². The Hall–Kier alpha value is -3.18. The second-order valence-electron chi connectivity index (χ2n) is 8.62. The van der Waals surface area contributed by atoms with Crippen LogP contribution < -0.4 is 13.9 Å². The first-order valence-electron chi connectivity index (χ1n) is 11.8. The number of hydrogen-bond donors (Lipinski definition) is 0. The Labute approximate surface area is 233 Å². The number of anilines is 2. The highest BCUT2D eigenvalue weighted by Crippen LogP contribution is 2.32. The smallest absolute Gasteiger partial charge is 0.264 e. The van der Waals surface area contributed by atoms with E-state index < -0.39 is 10.0 Å². The molecule has 1 aromatic heterocycles. The van der Waals surface area contributed by atoms with Gasteiger partial charge in [0.25, 0.3) is 15.9 Å². The molecule has 8 nitrogen and oxygen atoms in total. The fourth-order valence-corrected chi connectivity index (χ4v) is 6.30. The first-order chi connectivity index (χ1) is 17.7. The van der Waals surface area contributed by atoms with E-state index in [0.717, 1.165) is 10.2 Å². The summed E-state index contributed by atoms with van der Waals surface area (Å²) in [5, 5.41) is 0.577. The van der Waals surface area contributed by atoms with Crippen molar-refractivity contribution in [1.82, 2.24) is 9.88 Å². The number of amides is 1. The molecule has 4 aromatic rings. The summed E-state index contributed by atoms with van der Waals surface area (Å²) in [5.41, 5.74) is 1.73. The molecule has 0 saturated heterocycles. The molecule has 0 bridgehead atoms. The summed E-state index contributed by atoms with van der Waals surface area (Å²) < 4.78 is 34.3. The molecule has 3 aromatic carbocycles. The average Bonchev–Trinajstić information content (AvgIpc) is 3.32. The van der Waals surface area contributed by atoms with E-state index in [2.05, 4.69) is 0 Å². The third-order valence-corrected chi connectivity index (χ3v) is 8.83. The molecule has 4 rings (SSSR count). The Bertz CT molecular complexity index is 1480. The van der Waals surface area contributed by atoms with E-state index >= 15 is 0 Å². The zero-order chi connectivity index (χ0) is 26.6. The molecule has 0 N–H and O–H groups in total. The molecule has 0 fully saturated rings. The van der Waals surface area contributed by atoms with Crippen LogP contribution in [-0.2, 0) is 10.0 Å². The third kappa shape index (κ3) is 6.27. The maximum atomic E-state index is 13.6. The van der Waals surface area contributed by atoms with Crippen LogP contribution in [0.4, 0.5) is 10.8 Å². The number of sulfonamides is 1. The lowest BCUT2D eigenvalue weighted by Gasteiger charge is -2.24. The average molecular weight is 575 g/mol. The summed E-state index contributed by atoms with van der Waals surface area (Å²) in [6.45, 7) is 3.15. The van der Waals surface area contributed by atoms with Crippen LogP contribution in [0, 0.1) is 0 Å². The molecule has 38 heavy (non-hydrogen) atoms. The van der Waals surface area contributed by atoms with Crippen LogP contribution in [0.1, 0.15) is 17.3 Å². The lowest BCUT2D eigenvalue weighted by molar-refractivity contribution is 0.0985. The minimum Gasteiger partial charge on any atom is -0.497 e. The van der Waals surface area contributed by atoms with Crippen molar-refractivity contribution in [1.29, 1.82) is 0 Å². The van der Waals surface area contributed by atoms with Gasteiger partial charge in [0.1, 0.15) is 5.75 Å². The second kappa shape index (κ2) is 12.6. The van der Waals surface area contributed by atoms with Crippen LogP contribution in [0.15, 0.2) is 77.7 Å². The Morgan fingerprint density at radius 2 is 1.66 bits per heavy atom. The van der Waals surface area contributed by atoms with Crippen molar-refractivity contribution in [2.45, 2.75) is 11.8 Å². The number of para-hydroxylation sites is 1. The Morgan fingerprint density at radius 3 is 2.26 bits per heavy atom. The minimum absolute atomic E-state index is 0. The maximum Gasteiger partial charge on any atom is 0.264 e. The fourth-order valence-electron chi connectivity index (χ4n) is 3.86. The number of methoxy groups -OCH3 is 1. The first kappa shape index (κ1) is 29.4. The van der Waals surface area contributed by atoms with Gasteiger partial charge in [-0.25, -0.2) is 13.4 Å². The molecule has 11 heteroatoms. The van der Waals surface area contributed by atoms with Crippen molar-refractivity contribution in [2.24, 2.45) is 0 Å². The molecule has 0 radical (unpaired) electrons. The van der Waals surface area contributed by atoms with Gasteiger partial charge in [-0.3, -0.25) is 14.0 Å². The van der Waals surface area contributed by atoms with Gasteiger partial charge in [0.2, 0.25) is 0 Å². The van der Waals surface area contributed by atoms with E-state index in [0.29, 0.717) is 35.2 Å². The molecule has 0 aliphatic rings. The number of hydrogen-bond acceptors (Lipinski definition) is 7. The fraction of sp³-hybridized carbons (Fsp3) is 0.259. The molecule has 0 atom stereocenters. The third-order valence-electron chi connectivity index (χ3n) is 5.85. The number of halogens is 1. The highest BCUT2D eigenvalue weighted by Gasteiger charge is 2.25. The standard InChI is InChI=1S/C27H30N4O4S2.ClH/c1-5-31(21-9-7-6-8-10-21)37(33,34)23-14-11-20(12-15-23)26(32)30(18-17-29(2)3)27-28-24-19-22(35-4)13-16-25(24)36-27;/h6-16,19H,5,17-18H2,1-4H3;1H. The largest absolute Gasteiger partial charge is 0.497 e. The van der Waals surface area contributed by atoms with Crippen LogP contribution in [0.2, 0.25) is 0 Å². The van der Waals surface area contributed by atoms with Gasteiger partial charge >= 0.3 is 0 Å². The zero-order valence-corrected chi connectivity index (χ0v) is 24.1. The van der Waals surface area contributed by atoms with Gasteiger partial charge in [-0.15, -0.1) is 12.4 Å². The molecule has 0 unspecified atom stereocenters. The van der Waals surface area contributed by atoms with Gasteiger partial charge in [-0.05, 0) is 69.6 Å². The number of fused-ring (bicyclic) bond motifs is 1. The van der Waals surface area contributed by atoms with Gasteiger partial charge in [0.05, 0.1) is 27.9 Å². The van der Waals surface area contributed by atoms with Crippen LogP contribution in [0.25, 0.3) is 10.2 Å². The van der Waals surface area contributed by atoms with Crippen LogP contribution >= 0.6 is 23.7 Å². The van der Waals surface area contributed by atoms with Crippen molar-refractivity contribution in [3.63, 3.8) is 0 Å². The molecule has 202 valence electrons. The highest BCUT2D eigenvalue weighted by atomic mass is 35.5. The molecule has 0 aliphatic heterocycles. The van der Waals surface area contributed by atoms with Crippen molar-refractivity contribution >= 4 is 60.7 Å². The normalized spacial score (nSPS) is 11.3. The van der Waals surface area contributed by atoms with E-state index in [4.69, 9.17) is 9.72 Å². The number of benzene rings is 3. The van der Waals surface area contributed by atoms with E-state index in [1.165, 1.54) is 27.8 Å². The number of thiazole rings is 1. The summed E-state index contributed by atoms with van der Waals surface area (Å²) >= 11 is 1.43. The number of likely N-dealkylation sites (N-methyl/N-ethyl adjacent to an activating group) is 1. The Kier molecular flexibility index (Phi) is 9.72. The first-order valence-corrected chi connectivity index (χ1v) is 14.1. The molecule has 0 spiro atoms. The lowest BCUT2D eigenvalue weighted by atomic mass is 10.2. The van der Waals surface area contributed by atoms with Crippen molar-refractivity contribution < 1.29 is 17.9 Å². The van der Waals surface area contributed by atoms with Gasteiger partial charge in [-0.1, -0.05) is 29.5 Å². The van der Waals surface area contributed by atoms with Gasteiger partial charge in [0.15, 0.2) is 5.13 Å². The minimum atomic E-state index is -3.78. The summed E-state index contributed by atoms with van der Waals surface area (Å²) in [6.07, 6.45) is 0. The summed E-state index contributed by atoms with van der Waals surface area (Å²) in [6, 6.07) is 20.7. The summed E-state index contributed by atoms with van der Waals surface area (Å²) in [5.74, 6) is 0.455. The van der Waals surface area contributed by atoms with E-state index in [1.807, 2.05) is 43.3 Å². The number of carbonyl (C=O) groups excluding carboxylic acids is 1. The molecule has 0 aliphatic carbocycles. The van der Waals surface area contributed by atoms with E-state index in [1.54, 1.807) is 55.3 Å². The van der Waals surface area contributed by atoms with Gasteiger partial charge < -0.3 is 9.64 Å². The topological polar surface area (TPSA) is 83.1 Å². The lowest BCUT2D eigenvalue weighted by Crippen LogP contribution is -2.36. The van der Waals surface area contributed by atoms with Crippen LogP contribution in [-0.4, -0.2) is 65.0 Å². The van der Waals surface area contributed by atoms with E-state index in [-0.39, 0.29) is 29.8 Å². The highest BCUT2D eigenvalue weighted by molar-refractivity contribution is 7.92. The summed E-state index contributed by atoms with van der Waals surface area (Å²) in [7, 11) is 1.70. The number of carbonyl (C=O) groups is 1. The molecule has 0 saturated carbocycles. The Balaban J connectivity index is 0.00000400. The number of nitrogens with zero attached hydrogens (tertiary/aromatic N) is 4. The number of rotatable bonds is 10. The quantitative estimate of drug-likeness (QED) is 0.260. The van der Waals surface area contributed by atoms with E-state index in [9.17, 15) is 13.2 Å². The predicted octanol–water partition coefficient (Wildman–Crippen LogP) is 5.15. The second-order valence-corrected chi connectivity index (χ2v) is 11.5. The summed E-state index contributed by atoms with van der Waals surface area (Å²) in [4.78, 5) is 22.1. The van der Waals surface area contributed by atoms with Gasteiger partial charge in [-0.2, -0.15) is 0 Å². The maximum absolute atomic E-state index is 13.6. The van der Waals surface area contributed by atoms with Gasteiger partial charge in [0, 0.05) is 31.3 Å². The molecule has 1 heterocycles. The predicted molar refractivity (Wildman–Crippen MR) is 157 cm³/mol. The Morgan fingerprint density at radius 1 is 0.974 bits per heavy atom. The number of aromatic nitrogens is 1. The molecule has 1 amide bonds. The van der Waals surface area contributed by atoms with Crippen LogP contribution in [0.3, 0.4) is 0 Å². The molecular weight excluding hydrogens is 544 g/mol.